The molecule has 0 heterocycles. The first-order chi connectivity index (χ1) is 3.50. The topological polar surface area (TPSA) is 0 Å². The highest BCUT2D eigenvalue weighted by molar-refractivity contribution is 4.94. The van der Waals surface area contributed by atoms with Crippen LogP contribution in [-0.2, 0) is 0 Å². The molecule has 0 bridgehead atoms. The fourth-order valence-corrected chi connectivity index (χ4v) is 0.0891. The molecule has 0 aromatic carbocycles. The van der Waals surface area contributed by atoms with Gasteiger partial charge in [-0.15, -0.1) is 0 Å². The van der Waals surface area contributed by atoms with E-state index in [2.05, 4.69) is 6.58 Å². The summed E-state index contributed by atoms with van der Waals surface area (Å²) in [5.41, 5.74) is -2.53. The Morgan fingerprint density at radius 3 is 2.00 bits per heavy atom. The van der Waals surface area contributed by atoms with Crippen molar-refractivity contribution >= 4 is 0 Å². The van der Waals surface area contributed by atoms with Crippen molar-refractivity contribution in [2.75, 3.05) is 0 Å². The van der Waals surface area contributed by atoms with Crippen molar-refractivity contribution in [2.24, 2.45) is 0 Å². The highest BCUT2D eigenvalue weighted by Gasteiger charge is 2.30. The maximum atomic E-state index is 12.1. The van der Waals surface area contributed by atoms with Gasteiger partial charge >= 0.3 is 0 Å². The number of alkyl halides is 3. The van der Waals surface area contributed by atoms with Crippen LogP contribution in [0.15, 0.2) is 12.7 Å². The molecule has 1 atom stereocenters. The summed E-state index contributed by atoms with van der Waals surface area (Å²) in [7, 11) is 0. The van der Waals surface area contributed by atoms with Crippen molar-refractivity contribution in [3.8, 4) is 0 Å². The molecule has 0 N–H and O–H groups in total. The lowest BCUT2D eigenvalue weighted by Crippen LogP contribution is -2.24. The van der Waals surface area contributed by atoms with Crippen LogP contribution < -0.4 is 0 Å². The van der Waals surface area contributed by atoms with Crippen LogP contribution >= 0.6 is 0 Å². The Morgan fingerprint density at radius 1 is 1.62 bits per heavy atom. The Labute approximate surface area is 46.0 Å². The lowest BCUT2D eigenvalue weighted by atomic mass is 10.1. The zero-order valence-electron chi connectivity index (χ0n) is 4.50. The van der Waals surface area contributed by atoms with Crippen LogP contribution in [0.3, 0.4) is 0 Å². The first kappa shape index (κ1) is 7.53. The van der Waals surface area contributed by atoms with E-state index in [1.807, 2.05) is 0 Å². The van der Waals surface area contributed by atoms with Crippen LogP contribution in [0.5, 0.6) is 0 Å². The summed E-state index contributed by atoms with van der Waals surface area (Å²) in [6.45, 7) is 3.68. The lowest BCUT2D eigenvalue weighted by Gasteiger charge is -2.12. The van der Waals surface area contributed by atoms with E-state index in [-0.39, 0.29) is 0 Å². The molecule has 0 rings (SSSR count). The largest absolute Gasteiger partial charge is 0.275 e. The standard InChI is InChI=1S/C5H7F3/c1-3-5(2,8)4(6)7/h3-4H,1H2,2H3. The summed E-state index contributed by atoms with van der Waals surface area (Å²) < 4.78 is 34.8. The molecule has 8 heavy (non-hydrogen) atoms. The molecule has 0 aromatic heterocycles. The average molecular weight is 124 g/mol. The molecule has 0 aromatic rings. The number of hydrogen-bond acceptors (Lipinski definition) is 0. The third-order valence-electron chi connectivity index (χ3n) is 0.826. The van der Waals surface area contributed by atoms with Gasteiger partial charge in [-0.1, -0.05) is 6.58 Å². The number of allylic oxidation sites excluding steroid dienone is 1. The Hall–Kier alpha value is -0.470. The molecule has 0 saturated carbocycles. The zero-order valence-corrected chi connectivity index (χ0v) is 4.50. The van der Waals surface area contributed by atoms with E-state index in [1.165, 1.54) is 0 Å². The molecular formula is C5H7F3. The summed E-state index contributed by atoms with van der Waals surface area (Å²) >= 11 is 0. The van der Waals surface area contributed by atoms with E-state index < -0.39 is 12.1 Å². The van der Waals surface area contributed by atoms with Gasteiger partial charge in [0, 0.05) is 0 Å². The Balaban J connectivity index is 3.90. The number of halogens is 3. The minimum Gasteiger partial charge on any atom is -0.233 e. The molecular weight excluding hydrogens is 117 g/mol. The van der Waals surface area contributed by atoms with E-state index in [4.69, 9.17) is 0 Å². The second-order valence-corrected chi connectivity index (χ2v) is 1.66. The summed E-state index contributed by atoms with van der Waals surface area (Å²) in [6.07, 6.45) is -2.38. The predicted molar refractivity (Wildman–Crippen MR) is 25.7 cm³/mol. The van der Waals surface area contributed by atoms with E-state index in [9.17, 15) is 13.2 Å². The van der Waals surface area contributed by atoms with Gasteiger partial charge in [-0.05, 0) is 13.0 Å². The number of rotatable bonds is 2. The number of hydrogen-bond donors (Lipinski definition) is 0. The quantitative estimate of drug-likeness (QED) is 0.495. The maximum absolute atomic E-state index is 12.1. The molecule has 0 saturated heterocycles. The van der Waals surface area contributed by atoms with Crippen molar-refractivity contribution in [3.05, 3.63) is 12.7 Å². The predicted octanol–water partition coefficient (Wildman–Crippen LogP) is 2.17. The molecule has 0 nitrogen and oxygen atoms in total. The Kier molecular flexibility index (Phi) is 2.07. The van der Waals surface area contributed by atoms with Gasteiger partial charge in [0.05, 0.1) is 0 Å². The van der Waals surface area contributed by atoms with Crippen LogP contribution in [0.2, 0.25) is 0 Å². The second-order valence-electron chi connectivity index (χ2n) is 1.66. The normalized spacial score (nSPS) is 18.1. The summed E-state index contributed by atoms with van der Waals surface area (Å²) in [5.74, 6) is 0. The minimum absolute atomic E-state index is 0.595. The highest BCUT2D eigenvalue weighted by Crippen LogP contribution is 2.20. The third kappa shape index (κ3) is 1.56. The summed E-state index contributed by atoms with van der Waals surface area (Å²) in [6, 6.07) is 0. The second kappa shape index (κ2) is 2.20. The van der Waals surface area contributed by atoms with Crippen molar-refractivity contribution in [3.63, 3.8) is 0 Å². The SMILES string of the molecule is C=CC(C)(F)C(F)F. The highest BCUT2D eigenvalue weighted by atomic mass is 19.3. The molecule has 0 fully saturated rings. The van der Waals surface area contributed by atoms with Crippen molar-refractivity contribution in [2.45, 2.75) is 19.0 Å². The van der Waals surface area contributed by atoms with Gasteiger partial charge in [-0.25, -0.2) is 13.2 Å². The molecule has 0 radical (unpaired) electrons. The average Bonchev–Trinajstić information content (AvgIpc) is 1.67. The fourth-order valence-electron chi connectivity index (χ4n) is 0.0891. The molecule has 0 aliphatic rings. The van der Waals surface area contributed by atoms with Gasteiger partial charge < -0.3 is 0 Å². The van der Waals surface area contributed by atoms with Gasteiger partial charge in [0.1, 0.15) is 0 Å². The van der Waals surface area contributed by atoms with Crippen LogP contribution in [-0.4, -0.2) is 12.1 Å². The van der Waals surface area contributed by atoms with Crippen LogP contribution in [0.25, 0.3) is 0 Å². The van der Waals surface area contributed by atoms with Crippen LogP contribution in [0.4, 0.5) is 13.2 Å². The first-order valence-electron chi connectivity index (χ1n) is 2.11. The molecule has 1 unspecified atom stereocenters. The van der Waals surface area contributed by atoms with Crippen LogP contribution in [0, 0.1) is 0 Å². The first-order valence-corrected chi connectivity index (χ1v) is 2.11. The Morgan fingerprint density at radius 2 is 2.00 bits per heavy atom. The zero-order chi connectivity index (χ0) is 6.78. The molecule has 0 aliphatic carbocycles. The Bertz CT molecular complexity index is 85.7. The molecule has 48 valence electrons. The van der Waals surface area contributed by atoms with E-state index in [1.54, 1.807) is 0 Å². The summed E-state index contributed by atoms with van der Waals surface area (Å²) in [4.78, 5) is 0. The summed E-state index contributed by atoms with van der Waals surface area (Å²) in [5, 5.41) is 0. The smallest absolute Gasteiger partial charge is 0.233 e. The van der Waals surface area contributed by atoms with Gasteiger partial charge in [0.2, 0.25) is 0 Å². The van der Waals surface area contributed by atoms with Crippen molar-refractivity contribution in [1.29, 1.82) is 0 Å². The maximum Gasteiger partial charge on any atom is 0.275 e. The molecule has 0 amide bonds. The van der Waals surface area contributed by atoms with E-state index in [0.717, 1.165) is 6.92 Å². The fraction of sp³-hybridized carbons (Fsp3) is 0.600. The van der Waals surface area contributed by atoms with E-state index in [0.29, 0.717) is 6.08 Å². The third-order valence-corrected chi connectivity index (χ3v) is 0.826. The lowest BCUT2D eigenvalue weighted by molar-refractivity contribution is 0.0108. The molecule has 0 aliphatic heterocycles. The van der Waals surface area contributed by atoms with Gasteiger partial charge in [0.25, 0.3) is 6.43 Å². The van der Waals surface area contributed by atoms with Crippen molar-refractivity contribution in [1.82, 2.24) is 0 Å². The van der Waals surface area contributed by atoms with Crippen molar-refractivity contribution < 1.29 is 13.2 Å². The molecule has 3 heteroatoms. The minimum atomic E-state index is -2.97. The van der Waals surface area contributed by atoms with Gasteiger partial charge in [0.15, 0.2) is 5.67 Å². The van der Waals surface area contributed by atoms with E-state index >= 15 is 0 Å². The molecule has 0 spiro atoms. The van der Waals surface area contributed by atoms with Crippen LogP contribution in [0.1, 0.15) is 6.92 Å². The monoisotopic (exact) mass is 124 g/mol. The van der Waals surface area contributed by atoms with Gasteiger partial charge in [-0.3, -0.25) is 0 Å². The van der Waals surface area contributed by atoms with Gasteiger partial charge in [-0.2, -0.15) is 0 Å².